The number of hydrogen-bond acceptors (Lipinski definition) is 4. The third kappa shape index (κ3) is 7.92. The van der Waals surface area contributed by atoms with Gasteiger partial charge in [0.25, 0.3) is 0 Å². The maximum atomic E-state index is 11.4. The Labute approximate surface area is 185 Å². The van der Waals surface area contributed by atoms with Gasteiger partial charge in [0.05, 0.1) is 6.54 Å². The summed E-state index contributed by atoms with van der Waals surface area (Å²) in [6, 6.07) is 9.60. The first-order chi connectivity index (χ1) is 12.9. The third-order valence-electron chi connectivity index (χ3n) is 4.82. The number of benzene rings is 1. The summed E-state index contributed by atoms with van der Waals surface area (Å²) in [5, 5.41) is 17.3. The van der Waals surface area contributed by atoms with Gasteiger partial charge in [-0.15, -0.1) is 24.0 Å². The van der Waals surface area contributed by atoms with E-state index in [9.17, 15) is 9.90 Å². The molecule has 0 saturated carbocycles. The summed E-state index contributed by atoms with van der Waals surface area (Å²) in [4.78, 5) is 20.2. The molecule has 1 aromatic carbocycles. The monoisotopic (exact) mass is 503 g/mol. The lowest BCUT2D eigenvalue weighted by Gasteiger charge is -2.34. The van der Waals surface area contributed by atoms with Crippen LogP contribution >= 0.6 is 24.0 Å². The van der Waals surface area contributed by atoms with Crippen molar-refractivity contribution in [3.63, 3.8) is 0 Å². The van der Waals surface area contributed by atoms with Crippen LogP contribution in [-0.2, 0) is 10.4 Å². The van der Waals surface area contributed by atoms with Crippen LogP contribution < -0.4 is 10.6 Å². The van der Waals surface area contributed by atoms with Crippen LogP contribution in [0.2, 0.25) is 0 Å². The second-order valence-electron chi connectivity index (χ2n) is 7.11. The lowest BCUT2D eigenvalue weighted by atomic mass is 9.96. The minimum Gasteiger partial charge on any atom is -0.384 e. The number of carbonyl (C=O) groups excluding carboxylic acids is 1. The molecule has 28 heavy (non-hydrogen) atoms. The van der Waals surface area contributed by atoms with Crippen molar-refractivity contribution < 1.29 is 9.90 Å². The normalized spacial score (nSPS) is 17.4. The summed E-state index contributed by atoms with van der Waals surface area (Å²) in [5.41, 5.74) is -0.153. The van der Waals surface area contributed by atoms with Gasteiger partial charge in [-0.05, 0) is 19.4 Å². The number of guanidine groups is 1. The molecule has 0 aliphatic carbocycles. The molecule has 1 heterocycles. The van der Waals surface area contributed by atoms with E-state index in [2.05, 4.69) is 20.5 Å². The van der Waals surface area contributed by atoms with Crippen molar-refractivity contribution in [1.82, 2.24) is 20.4 Å². The average molecular weight is 503 g/mol. The number of carbonyl (C=O) groups is 1. The van der Waals surface area contributed by atoms with E-state index in [1.807, 2.05) is 42.2 Å². The third-order valence-corrected chi connectivity index (χ3v) is 4.82. The van der Waals surface area contributed by atoms with E-state index >= 15 is 0 Å². The fourth-order valence-electron chi connectivity index (χ4n) is 3.08. The Morgan fingerprint density at radius 2 is 1.82 bits per heavy atom. The Balaban J connectivity index is 0.00000392. The number of aliphatic hydroxyl groups is 1. The predicted octanol–water partition coefficient (Wildman–Crippen LogP) is 1.23. The van der Waals surface area contributed by atoms with Gasteiger partial charge in [-0.1, -0.05) is 30.3 Å². The molecule has 1 saturated heterocycles. The molecule has 0 bridgehead atoms. The molecule has 2 rings (SSSR count). The quantitative estimate of drug-likeness (QED) is 0.297. The van der Waals surface area contributed by atoms with Gasteiger partial charge >= 0.3 is 0 Å². The molecule has 1 unspecified atom stereocenters. The number of amides is 1. The Kier molecular flexibility index (Phi) is 10.8. The Bertz CT molecular complexity index is 616. The minimum atomic E-state index is -1.01. The lowest BCUT2D eigenvalue weighted by molar-refractivity contribution is -0.130. The van der Waals surface area contributed by atoms with E-state index in [4.69, 9.17) is 0 Å². The summed E-state index contributed by atoms with van der Waals surface area (Å²) in [5.74, 6) is 0.857. The molecule has 8 heteroatoms. The van der Waals surface area contributed by atoms with E-state index in [-0.39, 0.29) is 36.4 Å². The zero-order valence-electron chi connectivity index (χ0n) is 17.1. The van der Waals surface area contributed by atoms with E-state index in [1.165, 1.54) is 0 Å². The van der Waals surface area contributed by atoms with Crippen LogP contribution in [0.1, 0.15) is 26.3 Å². The summed E-state index contributed by atoms with van der Waals surface area (Å²) in [6.45, 7) is 11.5. The molecule has 1 aromatic rings. The summed E-state index contributed by atoms with van der Waals surface area (Å²) < 4.78 is 0. The van der Waals surface area contributed by atoms with E-state index in [0.29, 0.717) is 5.96 Å². The van der Waals surface area contributed by atoms with Gasteiger partial charge in [0.2, 0.25) is 5.91 Å². The number of hydrogen-bond donors (Lipinski definition) is 3. The van der Waals surface area contributed by atoms with E-state index < -0.39 is 5.60 Å². The topological polar surface area (TPSA) is 80.2 Å². The molecule has 3 N–H and O–H groups in total. The Hall–Kier alpha value is -1.39. The molecule has 1 aliphatic heterocycles. The van der Waals surface area contributed by atoms with Gasteiger partial charge in [-0.3, -0.25) is 9.69 Å². The van der Waals surface area contributed by atoms with Gasteiger partial charge in [0.15, 0.2) is 5.96 Å². The fraction of sp³-hybridized carbons (Fsp3) is 0.600. The number of rotatable bonds is 7. The molecule has 1 fully saturated rings. The second-order valence-corrected chi connectivity index (χ2v) is 7.11. The highest BCUT2D eigenvalue weighted by Crippen LogP contribution is 2.20. The number of nitrogens with zero attached hydrogens (tertiary/aromatic N) is 3. The first-order valence-electron chi connectivity index (χ1n) is 9.70. The zero-order chi connectivity index (χ0) is 19.7. The molecule has 7 nitrogen and oxygen atoms in total. The molecule has 158 valence electrons. The van der Waals surface area contributed by atoms with Crippen LogP contribution in [0, 0.1) is 0 Å². The maximum Gasteiger partial charge on any atom is 0.219 e. The Morgan fingerprint density at radius 3 is 2.39 bits per heavy atom. The van der Waals surface area contributed by atoms with Crippen LogP contribution in [0.4, 0.5) is 0 Å². The minimum absolute atomic E-state index is 0. The molecule has 1 aliphatic rings. The summed E-state index contributed by atoms with van der Waals surface area (Å²) in [6.07, 6.45) is 0. The predicted molar refractivity (Wildman–Crippen MR) is 124 cm³/mol. The van der Waals surface area contributed by atoms with Crippen molar-refractivity contribution in [3.8, 4) is 0 Å². The van der Waals surface area contributed by atoms with Gasteiger partial charge in [0, 0.05) is 52.7 Å². The highest BCUT2D eigenvalue weighted by molar-refractivity contribution is 14.0. The first-order valence-corrected chi connectivity index (χ1v) is 9.70. The van der Waals surface area contributed by atoms with Gasteiger partial charge in [-0.25, -0.2) is 4.99 Å². The first kappa shape index (κ1) is 24.6. The standard InChI is InChI=1S/C20H33N5O2.HI/c1-4-21-19(23-16-20(3,27)18-8-6-5-7-9-18)22-10-11-24-12-14-25(15-13-24)17(2)26;/h5-9,27H,4,10-16H2,1-3H3,(H2,21,22,23);1H. The van der Waals surface area contributed by atoms with Crippen LogP contribution in [0.25, 0.3) is 0 Å². The van der Waals surface area contributed by atoms with E-state index in [1.54, 1.807) is 13.8 Å². The molecular weight excluding hydrogens is 469 g/mol. The number of nitrogens with one attached hydrogen (secondary N) is 2. The highest BCUT2D eigenvalue weighted by Gasteiger charge is 2.22. The fourth-order valence-corrected chi connectivity index (χ4v) is 3.08. The van der Waals surface area contributed by atoms with Crippen molar-refractivity contribution in [1.29, 1.82) is 0 Å². The van der Waals surface area contributed by atoms with E-state index in [0.717, 1.165) is 51.4 Å². The Morgan fingerprint density at radius 1 is 1.18 bits per heavy atom. The molecule has 0 aromatic heterocycles. The zero-order valence-corrected chi connectivity index (χ0v) is 19.5. The van der Waals surface area contributed by atoms with Crippen molar-refractivity contribution in [3.05, 3.63) is 35.9 Å². The maximum absolute atomic E-state index is 11.4. The number of piperazine rings is 1. The lowest BCUT2D eigenvalue weighted by Crippen LogP contribution is -2.50. The van der Waals surface area contributed by atoms with Crippen molar-refractivity contribution >= 4 is 35.8 Å². The molecule has 0 radical (unpaired) electrons. The summed E-state index contributed by atoms with van der Waals surface area (Å²) in [7, 11) is 0. The van der Waals surface area contributed by atoms with Gasteiger partial charge in [0.1, 0.15) is 5.60 Å². The average Bonchev–Trinajstić information content (AvgIpc) is 2.67. The van der Waals surface area contributed by atoms with Crippen molar-refractivity contribution in [2.75, 3.05) is 52.4 Å². The number of halogens is 1. The van der Waals surface area contributed by atoms with Gasteiger partial charge < -0.3 is 20.6 Å². The van der Waals surface area contributed by atoms with Crippen LogP contribution in [0.15, 0.2) is 35.3 Å². The highest BCUT2D eigenvalue weighted by atomic mass is 127. The molecular formula is C20H34IN5O2. The summed E-state index contributed by atoms with van der Waals surface area (Å²) >= 11 is 0. The second kappa shape index (κ2) is 12.2. The van der Waals surface area contributed by atoms with Crippen molar-refractivity contribution in [2.24, 2.45) is 4.99 Å². The van der Waals surface area contributed by atoms with Crippen LogP contribution in [-0.4, -0.2) is 79.1 Å². The van der Waals surface area contributed by atoms with Crippen LogP contribution in [0.3, 0.4) is 0 Å². The van der Waals surface area contributed by atoms with Crippen LogP contribution in [0.5, 0.6) is 0 Å². The molecule has 0 spiro atoms. The molecule has 1 amide bonds. The SMILES string of the molecule is CCNC(=NCC(C)(O)c1ccccc1)NCCN1CCN(C(C)=O)CC1.I. The largest absolute Gasteiger partial charge is 0.384 e. The van der Waals surface area contributed by atoms with Crippen molar-refractivity contribution in [2.45, 2.75) is 26.4 Å². The van der Waals surface area contributed by atoms with Gasteiger partial charge in [-0.2, -0.15) is 0 Å². The smallest absolute Gasteiger partial charge is 0.219 e. The molecule has 1 atom stereocenters. The number of aliphatic imine (C=N–C) groups is 1.